The standard InChI is InChI=1S/C18H17ClFN3O2/c1-23(6-7-24)18-13-9-16(19)21-10-11(13)8-14(22-18)12-4-3-5-15(25-2)17(12)20/h3-5,8-10,24H,6-7H2,1-2H3. The molecule has 1 N–H and O–H groups in total. The molecule has 3 rings (SSSR count). The van der Waals surface area contributed by atoms with Crippen LogP contribution >= 0.6 is 11.6 Å². The molecule has 3 aromatic rings. The molecule has 0 saturated heterocycles. The first-order valence-corrected chi connectivity index (χ1v) is 8.04. The van der Waals surface area contributed by atoms with Crippen LogP contribution in [0.5, 0.6) is 5.75 Å². The number of methoxy groups -OCH3 is 1. The Labute approximate surface area is 149 Å². The van der Waals surface area contributed by atoms with Crippen LogP contribution in [0.25, 0.3) is 22.0 Å². The molecule has 0 aliphatic heterocycles. The number of aliphatic hydroxyl groups excluding tert-OH is 1. The van der Waals surface area contributed by atoms with Crippen LogP contribution in [-0.4, -0.2) is 42.4 Å². The largest absolute Gasteiger partial charge is 0.494 e. The van der Waals surface area contributed by atoms with Gasteiger partial charge in [-0.1, -0.05) is 17.7 Å². The molecule has 2 aromatic heterocycles. The second-order valence-electron chi connectivity index (χ2n) is 5.53. The van der Waals surface area contributed by atoms with E-state index in [1.54, 1.807) is 48.5 Å². The third-order valence-electron chi connectivity index (χ3n) is 3.92. The quantitative estimate of drug-likeness (QED) is 0.704. The number of benzene rings is 1. The Morgan fingerprint density at radius 1 is 1.32 bits per heavy atom. The van der Waals surface area contributed by atoms with Crippen molar-refractivity contribution in [1.82, 2.24) is 9.97 Å². The summed E-state index contributed by atoms with van der Waals surface area (Å²) in [5, 5.41) is 11.1. The summed E-state index contributed by atoms with van der Waals surface area (Å²) in [6, 6.07) is 8.37. The number of likely N-dealkylation sites (N-methyl/N-ethyl adjacent to an activating group) is 1. The zero-order valence-corrected chi connectivity index (χ0v) is 14.6. The van der Waals surface area contributed by atoms with Gasteiger partial charge < -0.3 is 14.7 Å². The van der Waals surface area contributed by atoms with Crippen LogP contribution < -0.4 is 9.64 Å². The summed E-state index contributed by atoms with van der Waals surface area (Å²) in [5.74, 6) is 0.265. The average Bonchev–Trinajstić information content (AvgIpc) is 2.61. The number of aliphatic hydroxyl groups is 1. The second-order valence-corrected chi connectivity index (χ2v) is 5.91. The minimum Gasteiger partial charge on any atom is -0.494 e. The maximum absolute atomic E-state index is 14.6. The van der Waals surface area contributed by atoms with Gasteiger partial charge >= 0.3 is 0 Å². The van der Waals surface area contributed by atoms with Crippen molar-refractivity contribution in [1.29, 1.82) is 0 Å². The van der Waals surface area contributed by atoms with Crippen LogP contribution in [0.2, 0.25) is 5.15 Å². The predicted octanol–water partition coefficient (Wildman–Crippen LogP) is 3.53. The Morgan fingerprint density at radius 2 is 2.12 bits per heavy atom. The molecule has 0 atom stereocenters. The summed E-state index contributed by atoms with van der Waals surface area (Å²) in [7, 11) is 3.22. The molecule has 0 fully saturated rings. The first-order chi connectivity index (χ1) is 12.0. The predicted molar refractivity (Wildman–Crippen MR) is 96.8 cm³/mol. The van der Waals surface area contributed by atoms with Gasteiger partial charge in [-0.15, -0.1) is 0 Å². The minimum absolute atomic E-state index is 0.0315. The highest BCUT2D eigenvalue weighted by molar-refractivity contribution is 6.30. The third kappa shape index (κ3) is 3.36. The summed E-state index contributed by atoms with van der Waals surface area (Å²) < 4.78 is 19.7. The molecule has 0 unspecified atom stereocenters. The fraction of sp³-hybridized carbons (Fsp3) is 0.222. The van der Waals surface area contributed by atoms with Gasteiger partial charge in [0.2, 0.25) is 0 Å². The number of hydrogen-bond acceptors (Lipinski definition) is 5. The number of fused-ring (bicyclic) bond motifs is 1. The zero-order valence-electron chi connectivity index (χ0n) is 13.8. The van der Waals surface area contributed by atoms with E-state index in [1.807, 2.05) is 0 Å². The lowest BCUT2D eigenvalue weighted by Gasteiger charge is -2.20. The maximum Gasteiger partial charge on any atom is 0.174 e. The Morgan fingerprint density at radius 3 is 2.84 bits per heavy atom. The van der Waals surface area contributed by atoms with Gasteiger partial charge in [0.05, 0.1) is 19.4 Å². The van der Waals surface area contributed by atoms with Crippen LogP contribution in [0.4, 0.5) is 10.2 Å². The van der Waals surface area contributed by atoms with E-state index >= 15 is 0 Å². The highest BCUT2D eigenvalue weighted by Crippen LogP contribution is 2.33. The summed E-state index contributed by atoms with van der Waals surface area (Å²) in [6.45, 7) is 0.350. The molecular weight excluding hydrogens is 345 g/mol. The summed E-state index contributed by atoms with van der Waals surface area (Å²) in [5.41, 5.74) is 0.780. The highest BCUT2D eigenvalue weighted by atomic mass is 35.5. The lowest BCUT2D eigenvalue weighted by Crippen LogP contribution is -2.22. The van der Waals surface area contributed by atoms with Crippen molar-refractivity contribution in [3.63, 3.8) is 0 Å². The SMILES string of the molecule is COc1cccc(-c2cc3cnc(Cl)cc3c(N(C)CCO)n2)c1F. The third-order valence-corrected chi connectivity index (χ3v) is 4.12. The molecule has 0 bridgehead atoms. The number of rotatable bonds is 5. The number of ether oxygens (including phenoxy) is 1. The number of nitrogens with zero attached hydrogens (tertiary/aromatic N) is 3. The molecule has 0 aliphatic carbocycles. The number of aromatic nitrogens is 2. The van der Waals surface area contributed by atoms with Crippen molar-refractivity contribution in [2.75, 3.05) is 32.2 Å². The van der Waals surface area contributed by atoms with Crippen LogP contribution in [-0.2, 0) is 0 Å². The number of pyridine rings is 2. The number of halogens is 2. The molecule has 0 spiro atoms. The highest BCUT2D eigenvalue weighted by Gasteiger charge is 2.16. The van der Waals surface area contributed by atoms with Crippen molar-refractivity contribution in [3.8, 4) is 17.0 Å². The second kappa shape index (κ2) is 7.21. The Kier molecular flexibility index (Phi) is 5.01. The molecule has 2 heterocycles. The topological polar surface area (TPSA) is 58.5 Å². The fourth-order valence-electron chi connectivity index (χ4n) is 2.65. The minimum atomic E-state index is -0.477. The van der Waals surface area contributed by atoms with Crippen molar-refractivity contribution in [2.24, 2.45) is 0 Å². The maximum atomic E-state index is 14.6. The Bertz CT molecular complexity index is 920. The van der Waals surface area contributed by atoms with E-state index in [1.165, 1.54) is 7.11 Å². The molecule has 0 radical (unpaired) electrons. The smallest absolute Gasteiger partial charge is 0.174 e. The molecule has 7 heteroatoms. The van der Waals surface area contributed by atoms with Crippen LogP contribution in [0.3, 0.4) is 0 Å². The first-order valence-electron chi connectivity index (χ1n) is 7.66. The monoisotopic (exact) mass is 361 g/mol. The van der Waals surface area contributed by atoms with Gasteiger partial charge in [0.25, 0.3) is 0 Å². The average molecular weight is 362 g/mol. The van der Waals surface area contributed by atoms with Crippen LogP contribution in [0.15, 0.2) is 36.5 Å². The van der Waals surface area contributed by atoms with E-state index in [2.05, 4.69) is 9.97 Å². The molecule has 0 saturated carbocycles. The van der Waals surface area contributed by atoms with Crippen molar-refractivity contribution in [3.05, 3.63) is 47.5 Å². The van der Waals surface area contributed by atoms with Gasteiger partial charge in [0.1, 0.15) is 11.0 Å². The van der Waals surface area contributed by atoms with Gasteiger partial charge in [-0.2, -0.15) is 0 Å². The Balaban J connectivity index is 2.25. The van der Waals surface area contributed by atoms with Gasteiger partial charge in [-0.05, 0) is 24.3 Å². The summed E-state index contributed by atoms with van der Waals surface area (Å²) in [6.07, 6.45) is 1.62. The van der Waals surface area contributed by atoms with E-state index in [4.69, 9.17) is 16.3 Å². The van der Waals surface area contributed by atoms with Crippen molar-refractivity contribution in [2.45, 2.75) is 0 Å². The van der Waals surface area contributed by atoms with Crippen molar-refractivity contribution < 1.29 is 14.2 Å². The van der Waals surface area contributed by atoms with E-state index < -0.39 is 5.82 Å². The number of hydrogen-bond donors (Lipinski definition) is 1. The van der Waals surface area contributed by atoms with Crippen LogP contribution in [0.1, 0.15) is 0 Å². The van der Waals surface area contributed by atoms with Gasteiger partial charge in [-0.25, -0.2) is 14.4 Å². The van der Waals surface area contributed by atoms with Gasteiger partial charge in [0, 0.05) is 36.1 Å². The fourth-order valence-corrected chi connectivity index (χ4v) is 2.81. The number of anilines is 1. The molecule has 0 amide bonds. The van der Waals surface area contributed by atoms with Gasteiger partial charge in [0.15, 0.2) is 11.6 Å². The van der Waals surface area contributed by atoms with Gasteiger partial charge in [-0.3, -0.25) is 0 Å². The first kappa shape index (κ1) is 17.4. The molecule has 130 valence electrons. The Hall–Kier alpha value is -2.44. The molecule has 1 aromatic carbocycles. The lowest BCUT2D eigenvalue weighted by molar-refractivity contribution is 0.304. The molecular formula is C18H17ClFN3O2. The molecule has 5 nitrogen and oxygen atoms in total. The van der Waals surface area contributed by atoms with E-state index in [-0.39, 0.29) is 12.4 Å². The summed E-state index contributed by atoms with van der Waals surface area (Å²) in [4.78, 5) is 10.5. The summed E-state index contributed by atoms with van der Waals surface area (Å²) >= 11 is 6.01. The van der Waals surface area contributed by atoms with E-state index in [9.17, 15) is 9.50 Å². The normalized spacial score (nSPS) is 10.9. The van der Waals surface area contributed by atoms with E-state index in [0.29, 0.717) is 28.8 Å². The molecule has 25 heavy (non-hydrogen) atoms. The lowest BCUT2D eigenvalue weighted by atomic mass is 10.1. The zero-order chi connectivity index (χ0) is 18.0. The van der Waals surface area contributed by atoms with Crippen molar-refractivity contribution >= 4 is 28.2 Å². The molecule has 0 aliphatic rings. The van der Waals surface area contributed by atoms with E-state index in [0.717, 1.165) is 10.8 Å². The van der Waals surface area contributed by atoms with Crippen LogP contribution in [0, 0.1) is 5.82 Å².